The molecule has 1 aliphatic heterocycles. The van der Waals surface area contributed by atoms with Gasteiger partial charge in [-0.1, -0.05) is 12.8 Å². The monoisotopic (exact) mass is 260 g/mol. The van der Waals surface area contributed by atoms with Gasteiger partial charge in [0.15, 0.2) is 6.29 Å². The molecule has 1 fully saturated rings. The summed E-state index contributed by atoms with van der Waals surface area (Å²) in [6.45, 7) is 1.82. The molecule has 1 aromatic heterocycles. The number of rotatable bonds is 2. The van der Waals surface area contributed by atoms with Gasteiger partial charge in [-0.3, -0.25) is 9.59 Å². The maximum Gasteiger partial charge on any atom is 0.261 e. The lowest BCUT2D eigenvalue weighted by Crippen LogP contribution is -2.36. The molecule has 4 heteroatoms. The molecule has 0 unspecified atom stereocenters. The minimum absolute atomic E-state index is 0.0785. The van der Waals surface area contributed by atoms with Crippen molar-refractivity contribution in [2.45, 2.75) is 44.7 Å². The molecule has 3 rings (SSSR count). The normalized spacial score (nSPS) is 20.5. The van der Waals surface area contributed by atoms with Crippen molar-refractivity contribution in [1.82, 2.24) is 9.47 Å². The zero-order valence-electron chi connectivity index (χ0n) is 11.4. The third-order valence-electron chi connectivity index (χ3n) is 4.44. The SMILES string of the molecule is CN1CCc2c(cc(C=O)c(=O)n2C2CCCC2)C1. The van der Waals surface area contributed by atoms with Crippen LogP contribution in [0.2, 0.25) is 0 Å². The topological polar surface area (TPSA) is 42.3 Å². The number of aldehydes is 1. The first kappa shape index (κ1) is 12.6. The Balaban J connectivity index is 2.17. The smallest absolute Gasteiger partial charge is 0.261 e. The molecule has 0 atom stereocenters. The van der Waals surface area contributed by atoms with Gasteiger partial charge in [0.05, 0.1) is 5.56 Å². The van der Waals surface area contributed by atoms with E-state index >= 15 is 0 Å². The number of hydrogen-bond acceptors (Lipinski definition) is 3. The summed E-state index contributed by atoms with van der Waals surface area (Å²) in [6.07, 6.45) is 6.16. The molecule has 1 aromatic rings. The van der Waals surface area contributed by atoms with Crippen LogP contribution >= 0.6 is 0 Å². The number of nitrogens with zero attached hydrogens (tertiary/aromatic N) is 2. The third kappa shape index (κ3) is 2.14. The molecule has 0 saturated heterocycles. The Morgan fingerprint density at radius 2 is 2.05 bits per heavy atom. The average Bonchev–Trinajstić information content (AvgIpc) is 2.92. The Bertz CT molecular complexity index is 556. The zero-order chi connectivity index (χ0) is 13.4. The largest absolute Gasteiger partial charge is 0.309 e. The summed E-state index contributed by atoms with van der Waals surface area (Å²) in [4.78, 5) is 25.8. The lowest BCUT2D eigenvalue weighted by Gasteiger charge is -2.30. The molecule has 4 nitrogen and oxygen atoms in total. The van der Waals surface area contributed by atoms with E-state index in [-0.39, 0.29) is 5.56 Å². The molecule has 1 saturated carbocycles. The van der Waals surface area contributed by atoms with Gasteiger partial charge in [0.25, 0.3) is 5.56 Å². The van der Waals surface area contributed by atoms with Crippen LogP contribution in [0.3, 0.4) is 0 Å². The Morgan fingerprint density at radius 3 is 2.74 bits per heavy atom. The fourth-order valence-electron chi connectivity index (χ4n) is 3.47. The van der Waals surface area contributed by atoms with E-state index < -0.39 is 0 Å². The van der Waals surface area contributed by atoms with Crippen molar-refractivity contribution in [1.29, 1.82) is 0 Å². The second-order valence-corrected chi connectivity index (χ2v) is 5.79. The number of pyridine rings is 1. The van der Waals surface area contributed by atoms with E-state index in [4.69, 9.17) is 0 Å². The summed E-state index contributed by atoms with van der Waals surface area (Å²) in [5, 5.41) is 0. The number of aromatic nitrogens is 1. The molecule has 2 heterocycles. The molecule has 19 heavy (non-hydrogen) atoms. The van der Waals surface area contributed by atoms with Gasteiger partial charge >= 0.3 is 0 Å². The van der Waals surface area contributed by atoms with Crippen molar-refractivity contribution in [3.8, 4) is 0 Å². The van der Waals surface area contributed by atoms with E-state index in [2.05, 4.69) is 11.9 Å². The van der Waals surface area contributed by atoms with Crippen LogP contribution in [0.25, 0.3) is 0 Å². The lowest BCUT2D eigenvalue weighted by atomic mass is 10.0. The molecular weight excluding hydrogens is 240 g/mol. The van der Waals surface area contributed by atoms with E-state index in [1.807, 2.05) is 4.57 Å². The highest BCUT2D eigenvalue weighted by atomic mass is 16.1. The summed E-state index contributed by atoms with van der Waals surface area (Å²) < 4.78 is 1.94. The molecule has 102 valence electrons. The fourth-order valence-corrected chi connectivity index (χ4v) is 3.47. The second kappa shape index (κ2) is 4.93. The van der Waals surface area contributed by atoms with E-state index in [0.29, 0.717) is 17.9 Å². The number of carbonyl (C=O) groups is 1. The minimum Gasteiger partial charge on any atom is -0.309 e. The highest BCUT2D eigenvalue weighted by Crippen LogP contribution is 2.31. The van der Waals surface area contributed by atoms with E-state index in [1.165, 1.54) is 18.5 Å². The maximum atomic E-state index is 12.5. The van der Waals surface area contributed by atoms with Gasteiger partial charge in [-0.05, 0) is 31.5 Å². The number of carbonyl (C=O) groups excluding carboxylic acids is 1. The van der Waals surface area contributed by atoms with Crippen LogP contribution in [0.4, 0.5) is 0 Å². The van der Waals surface area contributed by atoms with E-state index in [9.17, 15) is 9.59 Å². The Kier molecular flexibility index (Phi) is 3.27. The van der Waals surface area contributed by atoms with Crippen LogP contribution in [0.15, 0.2) is 10.9 Å². The molecule has 0 aromatic carbocycles. The Labute approximate surface area is 113 Å². The number of fused-ring (bicyclic) bond motifs is 1. The quantitative estimate of drug-likeness (QED) is 0.761. The molecule has 2 aliphatic rings. The third-order valence-corrected chi connectivity index (χ3v) is 4.44. The summed E-state index contributed by atoms with van der Waals surface area (Å²) in [5.74, 6) is 0. The average molecular weight is 260 g/mol. The highest BCUT2D eigenvalue weighted by Gasteiger charge is 2.26. The van der Waals surface area contributed by atoms with Crippen molar-refractivity contribution in [3.05, 3.63) is 33.2 Å². The van der Waals surface area contributed by atoms with Gasteiger partial charge in [-0.25, -0.2) is 0 Å². The first-order valence-electron chi connectivity index (χ1n) is 7.11. The van der Waals surface area contributed by atoms with Gasteiger partial charge in [0.2, 0.25) is 0 Å². The minimum atomic E-state index is -0.0785. The molecule has 0 spiro atoms. The first-order valence-corrected chi connectivity index (χ1v) is 7.11. The summed E-state index contributed by atoms with van der Waals surface area (Å²) in [5.41, 5.74) is 2.56. The van der Waals surface area contributed by atoms with Crippen molar-refractivity contribution < 1.29 is 4.79 Å². The lowest BCUT2D eigenvalue weighted by molar-refractivity contribution is 0.112. The highest BCUT2D eigenvalue weighted by molar-refractivity contribution is 5.74. The van der Waals surface area contributed by atoms with E-state index in [1.54, 1.807) is 6.07 Å². The standard InChI is InChI=1S/C15H20N2O2/c1-16-7-6-14-11(9-16)8-12(10-18)15(19)17(14)13-4-2-3-5-13/h8,10,13H,2-7,9H2,1H3. The van der Waals surface area contributed by atoms with Crippen LogP contribution < -0.4 is 5.56 Å². The zero-order valence-corrected chi connectivity index (χ0v) is 11.4. The van der Waals surface area contributed by atoms with Crippen molar-refractivity contribution in [3.63, 3.8) is 0 Å². The first-order chi connectivity index (χ1) is 9.20. The van der Waals surface area contributed by atoms with Gasteiger partial charge in [0.1, 0.15) is 0 Å². The second-order valence-electron chi connectivity index (χ2n) is 5.79. The van der Waals surface area contributed by atoms with Crippen molar-refractivity contribution >= 4 is 6.29 Å². The molecule has 0 amide bonds. The van der Waals surface area contributed by atoms with E-state index in [0.717, 1.165) is 37.9 Å². The summed E-state index contributed by atoms with van der Waals surface area (Å²) in [7, 11) is 2.08. The summed E-state index contributed by atoms with van der Waals surface area (Å²) >= 11 is 0. The van der Waals surface area contributed by atoms with Crippen LogP contribution in [0.1, 0.15) is 53.3 Å². The van der Waals surface area contributed by atoms with Gasteiger partial charge in [-0.15, -0.1) is 0 Å². The number of likely N-dealkylation sites (N-methyl/N-ethyl adjacent to an activating group) is 1. The van der Waals surface area contributed by atoms with Crippen LogP contribution in [-0.4, -0.2) is 29.3 Å². The molecule has 0 bridgehead atoms. The van der Waals surface area contributed by atoms with Gasteiger partial charge in [0, 0.05) is 31.2 Å². The van der Waals surface area contributed by atoms with Gasteiger partial charge in [-0.2, -0.15) is 0 Å². The van der Waals surface area contributed by atoms with Crippen LogP contribution in [-0.2, 0) is 13.0 Å². The van der Waals surface area contributed by atoms with Crippen LogP contribution in [0, 0.1) is 0 Å². The van der Waals surface area contributed by atoms with Crippen molar-refractivity contribution in [2.75, 3.05) is 13.6 Å². The Hall–Kier alpha value is -1.42. The fraction of sp³-hybridized carbons (Fsp3) is 0.600. The molecule has 0 N–H and O–H groups in total. The molecular formula is C15H20N2O2. The maximum absolute atomic E-state index is 12.5. The van der Waals surface area contributed by atoms with Crippen molar-refractivity contribution in [2.24, 2.45) is 0 Å². The summed E-state index contributed by atoms with van der Waals surface area (Å²) in [6, 6.07) is 2.11. The Morgan fingerprint density at radius 1 is 1.32 bits per heavy atom. The van der Waals surface area contributed by atoms with Crippen LogP contribution in [0.5, 0.6) is 0 Å². The molecule has 0 radical (unpaired) electrons. The predicted octanol–water partition coefficient (Wildman–Crippen LogP) is 1.76. The predicted molar refractivity (Wildman–Crippen MR) is 73.6 cm³/mol. The number of hydrogen-bond donors (Lipinski definition) is 0. The van der Waals surface area contributed by atoms with Gasteiger partial charge < -0.3 is 9.47 Å². The molecule has 1 aliphatic carbocycles.